The Balaban J connectivity index is 2.10. The number of nitrogens with one attached hydrogen (secondary N) is 1. The Bertz CT molecular complexity index is 346. The van der Waals surface area contributed by atoms with E-state index < -0.39 is 10.0 Å². The number of nitrogens with zero attached hydrogens (tertiary/aromatic N) is 2. The summed E-state index contributed by atoms with van der Waals surface area (Å²) in [5.74, 6) is 0.746. The molecular weight excluding hydrogens is 262 g/mol. The average molecular weight is 291 g/mol. The fourth-order valence-electron chi connectivity index (χ4n) is 2.68. The second-order valence-corrected chi connectivity index (χ2v) is 7.57. The van der Waals surface area contributed by atoms with Crippen LogP contribution in [0.1, 0.15) is 26.2 Å². The van der Waals surface area contributed by atoms with E-state index in [2.05, 4.69) is 17.3 Å². The first kappa shape index (κ1) is 16.9. The average Bonchev–Trinajstić information content (AvgIpc) is 2.32. The molecule has 1 aliphatic heterocycles. The lowest BCUT2D eigenvalue weighted by atomic mass is 9.98. The number of hydrogen-bond donors (Lipinski definition) is 1. The largest absolute Gasteiger partial charge is 0.316 e. The van der Waals surface area contributed by atoms with Crippen molar-refractivity contribution < 1.29 is 8.42 Å². The van der Waals surface area contributed by atoms with Crippen LogP contribution in [0.3, 0.4) is 0 Å². The molecule has 0 bridgehead atoms. The standard InChI is InChI=1S/C13H29N3O2S/c1-4-16(19(3,17)18)10-6-8-14-11-13-7-5-9-15(2)12-13/h13-14H,4-12H2,1-3H3. The number of hydrogen-bond acceptors (Lipinski definition) is 4. The van der Waals surface area contributed by atoms with Gasteiger partial charge in [-0.05, 0) is 51.9 Å². The normalized spacial score (nSPS) is 22.0. The summed E-state index contributed by atoms with van der Waals surface area (Å²) in [6.07, 6.45) is 4.76. The van der Waals surface area contributed by atoms with E-state index in [1.807, 2.05) is 6.92 Å². The molecule has 1 heterocycles. The second-order valence-electron chi connectivity index (χ2n) is 5.58. The Morgan fingerprint density at radius 3 is 2.74 bits per heavy atom. The molecule has 0 spiro atoms. The highest BCUT2D eigenvalue weighted by atomic mass is 32.2. The molecule has 1 saturated heterocycles. The number of sulfonamides is 1. The van der Waals surface area contributed by atoms with Gasteiger partial charge in [0.1, 0.15) is 0 Å². The first-order chi connectivity index (χ1) is 8.93. The van der Waals surface area contributed by atoms with Crippen molar-refractivity contribution in [3.63, 3.8) is 0 Å². The second kappa shape index (κ2) is 8.19. The first-order valence-electron chi connectivity index (χ1n) is 7.28. The summed E-state index contributed by atoms with van der Waals surface area (Å²) < 4.78 is 24.4. The van der Waals surface area contributed by atoms with Crippen LogP contribution in [0.5, 0.6) is 0 Å². The van der Waals surface area contributed by atoms with Crippen LogP contribution in [-0.4, -0.2) is 70.2 Å². The molecule has 19 heavy (non-hydrogen) atoms. The quantitative estimate of drug-likeness (QED) is 0.665. The highest BCUT2D eigenvalue weighted by molar-refractivity contribution is 7.88. The van der Waals surface area contributed by atoms with Crippen molar-refractivity contribution in [1.82, 2.24) is 14.5 Å². The van der Waals surface area contributed by atoms with E-state index >= 15 is 0 Å². The van der Waals surface area contributed by atoms with E-state index in [4.69, 9.17) is 0 Å². The van der Waals surface area contributed by atoms with E-state index in [0.717, 1.165) is 25.4 Å². The molecular formula is C13H29N3O2S. The SMILES string of the molecule is CCN(CCCNCC1CCCN(C)C1)S(C)(=O)=O. The van der Waals surface area contributed by atoms with Gasteiger partial charge in [-0.15, -0.1) is 0 Å². The zero-order chi connectivity index (χ0) is 14.3. The van der Waals surface area contributed by atoms with Gasteiger partial charge in [0, 0.05) is 19.6 Å². The Kier molecular flexibility index (Phi) is 7.28. The van der Waals surface area contributed by atoms with Gasteiger partial charge in [-0.25, -0.2) is 12.7 Å². The van der Waals surface area contributed by atoms with Gasteiger partial charge < -0.3 is 10.2 Å². The fraction of sp³-hybridized carbons (Fsp3) is 1.00. The van der Waals surface area contributed by atoms with E-state index in [1.54, 1.807) is 0 Å². The van der Waals surface area contributed by atoms with Crippen molar-refractivity contribution in [2.75, 3.05) is 52.6 Å². The van der Waals surface area contributed by atoms with Crippen LogP contribution >= 0.6 is 0 Å². The molecule has 0 aromatic carbocycles. The minimum Gasteiger partial charge on any atom is -0.316 e. The highest BCUT2D eigenvalue weighted by Gasteiger charge is 2.16. The maximum atomic E-state index is 11.4. The fourth-order valence-corrected chi connectivity index (χ4v) is 3.61. The molecule has 1 fully saturated rings. The van der Waals surface area contributed by atoms with E-state index in [9.17, 15) is 8.42 Å². The molecule has 0 aromatic rings. The summed E-state index contributed by atoms with van der Waals surface area (Å²) in [6, 6.07) is 0. The summed E-state index contributed by atoms with van der Waals surface area (Å²) >= 11 is 0. The van der Waals surface area contributed by atoms with Crippen molar-refractivity contribution in [1.29, 1.82) is 0 Å². The molecule has 1 unspecified atom stereocenters. The minimum absolute atomic E-state index is 0.562. The highest BCUT2D eigenvalue weighted by Crippen LogP contribution is 2.13. The molecule has 0 radical (unpaired) electrons. The van der Waals surface area contributed by atoms with Crippen LogP contribution in [0, 0.1) is 5.92 Å². The van der Waals surface area contributed by atoms with Gasteiger partial charge in [0.05, 0.1) is 6.26 Å². The summed E-state index contributed by atoms with van der Waals surface area (Å²) in [4.78, 5) is 2.39. The smallest absolute Gasteiger partial charge is 0.211 e. The summed E-state index contributed by atoms with van der Waals surface area (Å²) in [6.45, 7) is 7.40. The van der Waals surface area contributed by atoms with Crippen LogP contribution in [0.15, 0.2) is 0 Å². The molecule has 0 aliphatic carbocycles. The summed E-state index contributed by atoms with van der Waals surface area (Å²) in [7, 11) is -0.853. The van der Waals surface area contributed by atoms with Crippen LogP contribution in [0.2, 0.25) is 0 Å². The zero-order valence-corrected chi connectivity index (χ0v) is 13.4. The van der Waals surface area contributed by atoms with Crippen molar-refractivity contribution in [3.05, 3.63) is 0 Å². The first-order valence-corrected chi connectivity index (χ1v) is 9.12. The molecule has 1 N–H and O–H groups in total. The molecule has 1 aliphatic rings. The predicted octanol–water partition coefficient (Wildman–Crippen LogP) is 0.589. The van der Waals surface area contributed by atoms with Crippen molar-refractivity contribution in [2.45, 2.75) is 26.2 Å². The Morgan fingerprint density at radius 1 is 1.42 bits per heavy atom. The molecule has 0 saturated carbocycles. The van der Waals surface area contributed by atoms with Crippen LogP contribution in [0.25, 0.3) is 0 Å². The molecule has 0 aromatic heterocycles. The van der Waals surface area contributed by atoms with Gasteiger partial charge >= 0.3 is 0 Å². The number of likely N-dealkylation sites (tertiary alicyclic amines) is 1. The molecule has 6 heteroatoms. The van der Waals surface area contributed by atoms with Gasteiger partial charge in [0.15, 0.2) is 0 Å². The third-order valence-electron chi connectivity index (χ3n) is 3.74. The lowest BCUT2D eigenvalue weighted by molar-refractivity contribution is 0.206. The number of piperidine rings is 1. The molecule has 1 rings (SSSR count). The lowest BCUT2D eigenvalue weighted by Gasteiger charge is -2.29. The van der Waals surface area contributed by atoms with Crippen molar-refractivity contribution in [2.24, 2.45) is 5.92 Å². The topological polar surface area (TPSA) is 52.6 Å². The van der Waals surface area contributed by atoms with Crippen LogP contribution in [0.4, 0.5) is 0 Å². The molecule has 114 valence electrons. The molecule has 1 atom stereocenters. The number of rotatable bonds is 8. The Hall–Kier alpha value is -0.170. The van der Waals surface area contributed by atoms with Gasteiger partial charge in [-0.3, -0.25) is 0 Å². The molecule has 0 amide bonds. The van der Waals surface area contributed by atoms with Gasteiger partial charge in [0.2, 0.25) is 10.0 Å². The predicted molar refractivity (Wildman–Crippen MR) is 79.8 cm³/mol. The summed E-state index contributed by atoms with van der Waals surface area (Å²) in [5, 5.41) is 3.46. The van der Waals surface area contributed by atoms with E-state index in [-0.39, 0.29) is 0 Å². The van der Waals surface area contributed by atoms with Gasteiger partial charge in [-0.1, -0.05) is 6.92 Å². The van der Waals surface area contributed by atoms with Gasteiger partial charge in [-0.2, -0.15) is 0 Å². The van der Waals surface area contributed by atoms with Crippen LogP contribution in [-0.2, 0) is 10.0 Å². The Labute approximate surface area is 118 Å². The maximum absolute atomic E-state index is 11.4. The van der Waals surface area contributed by atoms with Crippen molar-refractivity contribution >= 4 is 10.0 Å². The summed E-state index contributed by atoms with van der Waals surface area (Å²) in [5.41, 5.74) is 0. The molecule has 5 nitrogen and oxygen atoms in total. The maximum Gasteiger partial charge on any atom is 0.211 e. The third-order valence-corrected chi connectivity index (χ3v) is 5.12. The Morgan fingerprint density at radius 2 is 2.16 bits per heavy atom. The van der Waals surface area contributed by atoms with E-state index in [0.29, 0.717) is 13.1 Å². The van der Waals surface area contributed by atoms with Gasteiger partial charge in [0.25, 0.3) is 0 Å². The zero-order valence-electron chi connectivity index (χ0n) is 12.6. The van der Waals surface area contributed by atoms with E-state index in [1.165, 1.54) is 36.5 Å². The van der Waals surface area contributed by atoms with Crippen LogP contribution < -0.4 is 5.32 Å². The third kappa shape index (κ3) is 6.70. The minimum atomic E-state index is -3.03. The monoisotopic (exact) mass is 291 g/mol. The van der Waals surface area contributed by atoms with Crippen molar-refractivity contribution in [3.8, 4) is 0 Å². The lowest BCUT2D eigenvalue weighted by Crippen LogP contribution is -2.38.